The van der Waals surface area contributed by atoms with Crippen LogP contribution in [0.5, 0.6) is 0 Å². The third-order valence-electron chi connectivity index (χ3n) is 4.35. The standard InChI is InChI=1S/C21H25ClN2O2/c1-13(2)19(16-8-10-17(22)11-9-16)21(26)23-12-18(25)24-20-14(3)6-5-7-15(20)4/h5-11,13,19H,12H2,1-4H3,(H,23,26)(H,24,25)/t19-/m0/s1. The molecule has 2 aromatic rings. The number of amides is 2. The second-order valence-corrected chi connectivity index (χ2v) is 7.24. The Morgan fingerprint density at radius 2 is 1.58 bits per heavy atom. The van der Waals surface area contributed by atoms with Crippen LogP contribution in [0.4, 0.5) is 5.69 Å². The van der Waals surface area contributed by atoms with E-state index in [2.05, 4.69) is 10.6 Å². The third-order valence-corrected chi connectivity index (χ3v) is 4.60. The molecular weight excluding hydrogens is 348 g/mol. The first-order valence-electron chi connectivity index (χ1n) is 8.69. The van der Waals surface area contributed by atoms with Crippen molar-refractivity contribution in [3.63, 3.8) is 0 Å². The summed E-state index contributed by atoms with van der Waals surface area (Å²) < 4.78 is 0. The highest BCUT2D eigenvalue weighted by Gasteiger charge is 2.24. The van der Waals surface area contributed by atoms with Gasteiger partial charge in [-0.1, -0.05) is 55.8 Å². The van der Waals surface area contributed by atoms with Gasteiger partial charge in [-0.05, 0) is 48.6 Å². The lowest BCUT2D eigenvalue weighted by molar-refractivity contribution is -0.126. The van der Waals surface area contributed by atoms with Crippen LogP contribution in [0, 0.1) is 19.8 Å². The lowest BCUT2D eigenvalue weighted by Crippen LogP contribution is -2.37. The summed E-state index contributed by atoms with van der Waals surface area (Å²) in [5.41, 5.74) is 3.67. The van der Waals surface area contributed by atoms with E-state index >= 15 is 0 Å². The molecule has 0 aliphatic carbocycles. The quantitative estimate of drug-likeness (QED) is 0.786. The number of aryl methyl sites for hydroxylation is 2. The van der Waals surface area contributed by atoms with Crippen molar-refractivity contribution in [3.8, 4) is 0 Å². The van der Waals surface area contributed by atoms with Gasteiger partial charge in [0, 0.05) is 10.7 Å². The van der Waals surface area contributed by atoms with Crippen molar-refractivity contribution in [1.29, 1.82) is 0 Å². The van der Waals surface area contributed by atoms with Crippen molar-refractivity contribution in [1.82, 2.24) is 5.32 Å². The molecule has 2 amide bonds. The maximum Gasteiger partial charge on any atom is 0.243 e. The Morgan fingerprint density at radius 1 is 1.00 bits per heavy atom. The Hall–Kier alpha value is -2.33. The lowest BCUT2D eigenvalue weighted by Gasteiger charge is -2.21. The molecule has 0 radical (unpaired) electrons. The fourth-order valence-electron chi connectivity index (χ4n) is 2.98. The van der Waals surface area contributed by atoms with Crippen molar-refractivity contribution in [2.24, 2.45) is 5.92 Å². The molecule has 0 spiro atoms. The summed E-state index contributed by atoms with van der Waals surface area (Å²) in [7, 11) is 0. The van der Waals surface area contributed by atoms with E-state index in [4.69, 9.17) is 11.6 Å². The zero-order valence-electron chi connectivity index (χ0n) is 15.6. The molecule has 0 saturated heterocycles. The molecule has 138 valence electrons. The highest BCUT2D eigenvalue weighted by Crippen LogP contribution is 2.26. The van der Waals surface area contributed by atoms with E-state index in [9.17, 15) is 9.59 Å². The van der Waals surface area contributed by atoms with Crippen molar-refractivity contribution < 1.29 is 9.59 Å². The average molecular weight is 373 g/mol. The molecule has 0 fully saturated rings. The third kappa shape index (κ3) is 5.09. The topological polar surface area (TPSA) is 58.2 Å². The van der Waals surface area contributed by atoms with Gasteiger partial charge in [-0.25, -0.2) is 0 Å². The SMILES string of the molecule is Cc1cccc(C)c1NC(=O)CNC(=O)[C@H](c1ccc(Cl)cc1)C(C)C. The first-order valence-corrected chi connectivity index (χ1v) is 9.06. The van der Waals surface area contributed by atoms with Crippen LogP contribution in [0.3, 0.4) is 0 Å². The summed E-state index contributed by atoms with van der Waals surface area (Å²) in [5, 5.41) is 6.26. The van der Waals surface area contributed by atoms with Crippen LogP contribution in [-0.4, -0.2) is 18.4 Å². The smallest absolute Gasteiger partial charge is 0.243 e. The zero-order valence-corrected chi connectivity index (χ0v) is 16.4. The highest BCUT2D eigenvalue weighted by molar-refractivity contribution is 6.30. The number of halogens is 1. The van der Waals surface area contributed by atoms with E-state index in [-0.39, 0.29) is 30.2 Å². The summed E-state index contributed by atoms with van der Waals surface area (Å²) in [6.07, 6.45) is 0. The minimum Gasteiger partial charge on any atom is -0.346 e. The summed E-state index contributed by atoms with van der Waals surface area (Å²) in [5.74, 6) is -0.647. The van der Waals surface area contributed by atoms with Crippen LogP contribution in [0.1, 0.15) is 36.5 Å². The molecule has 0 unspecified atom stereocenters. The minimum atomic E-state index is -0.333. The molecule has 0 saturated carbocycles. The van der Waals surface area contributed by atoms with Crippen LogP contribution in [0.25, 0.3) is 0 Å². The predicted octanol–water partition coefficient (Wildman–Crippen LogP) is 4.45. The normalized spacial score (nSPS) is 11.9. The van der Waals surface area contributed by atoms with Crippen molar-refractivity contribution in [2.45, 2.75) is 33.6 Å². The molecule has 0 aliphatic rings. The molecule has 4 nitrogen and oxygen atoms in total. The number of nitrogens with one attached hydrogen (secondary N) is 2. The molecule has 2 aromatic carbocycles. The van der Waals surface area contributed by atoms with Gasteiger partial charge in [-0.2, -0.15) is 0 Å². The zero-order chi connectivity index (χ0) is 19.3. The molecule has 26 heavy (non-hydrogen) atoms. The molecule has 0 aliphatic heterocycles. The van der Waals surface area contributed by atoms with Gasteiger partial charge in [0.2, 0.25) is 11.8 Å². The van der Waals surface area contributed by atoms with E-state index in [1.165, 1.54) is 0 Å². The number of anilines is 1. The van der Waals surface area contributed by atoms with E-state index in [1.807, 2.05) is 58.0 Å². The van der Waals surface area contributed by atoms with Crippen molar-refractivity contribution >= 4 is 29.1 Å². The summed E-state index contributed by atoms with van der Waals surface area (Å²) >= 11 is 5.93. The van der Waals surface area contributed by atoms with Crippen molar-refractivity contribution in [2.75, 3.05) is 11.9 Å². The Labute approximate surface area is 159 Å². The van der Waals surface area contributed by atoms with Gasteiger partial charge in [0.05, 0.1) is 12.5 Å². The number of para-hydroxylation sites is 1. The van der Waals surface area contributed by atoms with Crippen LogP contribution >= 0.6 is 11.6 Å². The van der Waals surface area contributed by atoms with Crippen LogP contribution < -0.4 is 10.6 Å². The number of hydrogen-bond acceptors (Lipinski definition) is 2. The maximum atomic E-state index is 12.6. The fraction of sp³-hybridized carbons (Fsp3) is 0.333. The second kappa shape index (κ2) is 8.86. The Bertz CT molecular complexity index is 765. The van der Waals surface area contributed by atoms with E-state index in [0.717, 1.165) is 22.4 Å². The molecule has 0 bridgehead atoms. The number of hydrogen-bond donors (Lipinski definition) is 2. The molecule has 5 heteroatoms. The summed E-state index contributed by atoms with van der Waals surface area (Å²) in [6.45, 7) is 7.78. The first-order chi connectivity index (χ1) is 12.3. The number of carbonyl (C=O) groups is 2. The molecular formula is C21H25ClN2O2. The molecule has 0 aromatic heterocycles. The fourth-order valence-corrected chi connectivity index (χ4v) is 3.11. The Kier molecular flexibility index (Phi) is 6.81. The largest absolute Gasteiger partial charge is 0.346 e. The first kappa shape index (κ1) is 20.0. The van der Waals surface area contributed by atoms with E-state index in [0.29, 0.717) is 5.02 Å². The number of rotatable bonds is 6. The van der Waals surface area contributed by atoms with Gasteiger partial charge in [0.1, 0.15) is 0 Å². The van der Waals surface area contributed by atoms with Crippen LogP contribution in [0.15, 0.2) is 42.5 Å². The number of carbonyl (C=O) groups excluding carboxylic acids is 2. The molecule has 0 heterocycles. The van der Waals surface area contributed by atoms with Gasteiger partial charge in [-0.15, -0.1) is 0 Å². The highest BCUT2D eigenvalue weighted by atomic mass is 35.5. The Morgan fingerprint density at radius 3 is 2.12 bits per heavy atom. The predicted molar refractivity (Wildman–Crippen MR) is 107 cm³/mol. The monoisotopic (exact) mass is 372 g/mol. The average Bonchev–Trinajstić information content (AvgIpc) is 2.58. The van der Waals surface area contributed by atoms with Gasteiger partial charge in [0.15, 0.2) is 0 Å². The molecule has 2 N–H and O–H groups in total. The second-order valence-electron chi connectivity index (χ2n) is 6.81. The van der Waals surface area contributed by atoms with Gasteiger partial charge in [0.25, 0.3) is 0 Å². The maximum absolute atomic E-state index is 12.6. The van der Waals surface area contributed by atoms with Gasteiger partial charge >= 0.3 is 0 Å². The number of benzene rings is 2. The van der Waals surface area contributed by atoms with Crippen molar-refractivity contribution in [3.05, 3.63) is 64.2 Å². The van der Waals surface area contributed by atoms with E-state index < -0.39 is 0 Å². The van der Waals surface area contributed by atoms with Crippen LogP contribution in [0.2, 0.25) is 5.02 Å². The Balaban J connectivity index is 2.01. The summed E-state index contributed by atoms with van der Waals surface area (Å²) in [4.78, 5) is 24.9. The van der Waals surface area contributed by atoms with Crippen LogP contribution in [-0.2, 0) is 9.59 Å². The molecule has 1 atom stereocenters. The lowest BCUT2D eigenvalue weighted by atomic mass is 9.87. The minimum absolute atomic E-state index is 0.0661. The van der Waals surface area contributed by atoms with Gasteiger partial charge < -0.3 is 10.6 Å². The van der Waals surface area contributed by atoms with Gasteiger partial charge in [-0.3, -0.25) is 9.59 Å². The summed E-state index contributed by atoms with van der Waals surface area (Å²) in [6, 6.07) is 13.1. The van der Waals surface area contributed by atoms with E-state index in [1.54, 1.807) is 12.1 Å². The molecule has 2 rings (SSSR count).